The van der Waals surface area contributed by atoms with Gasteiger partial charge < -0.3 is 5.41 Å². The number of nitrogens with zero attached hydrogens (tertiary/aromatic N) is 4. The Bertz CT molecular complexity index is 559. The molecule has 0 saturated heterocycles. The highest BCUT2D eigenvalue weighted by Crippen LogP contribution is 2.16. The number of allylic oxidation sites excluding steroid dienone is 3. The van der Waals surface area contributed by atoms with Crippen molar-refractivity contribution in [1.82, 2.24) is 0 Å². The molecule has 0 aromatic carbocycles. The van der Waals surface area contributed by atoms with Gasteiger partial charge in [0, 0.05) is 12.1 Å². The lowest BCUT2D eigenvalue weighted by atomic mass is 10.0. The van der Waals surface area contributed by atoms with Crippen LogP contribution in [0.25, 0.3) is 10.3 Å². The standard InChI is InChI=1S/C9H5N4.C5H5N/c1-3-8(7(4-10)5-11)9(6-12)13-2;1-2-4-6-5-3-1/h3H2,1H3;1-5H/q-1;/p+1. The van der Waals surface area contributed by atoms with E-state index < -0.39 is 0 Å². The molecule has 1 heterocycles. The first-order valence-electron chi connectivity index (χ1n) is 5.34. The highest BCUT2D eigenvalue weighted by atomic mass is 14.7. The summed E-state index contributed by atoms with van der Waals surface area (Å²) >= 11 is 0. The number of hydrogen-bond acceptors (Lipinski definition) is 2. The van der Waals surface area contributed by atoms with E-state index in [1.54, 1.807) is 24.9 Å². The summed E-state index contributed by atoms with van der Waals surface area (Å²) in [7, 11) is 0. The van der Waals surface area contributed by atoms with E-state index in [1.165, 1.54) is 0 Å². The molecule has 5 nitrogen and oxygen atoms in total. The number of pyridine rings is 1. The van der Waals surface area contributed by atoms with Gasteiger partial charge in [-0.15, -0.1) is 0 Å². The second kappa shape index (κ2) is 10.00. The van der Waals surface area contributed by atoms with Crippen molar-refractivity contribution in [1.29, 1.82) is 10.5 Å². The van der Waals surface area contributed by atoms with E-state index in [0.29, 0.717) is 6.42 Å². The summed E-state index contributed by atoms with van der Waals surface area (Å²) in [6.07, 6.45) is 4.09. The number of H-pyrrole nitrogens is 1. The number of aromatic nitrogens is 1. The maximum Gasteiger partial charge on any atom is 0.266 e. The lowest BCUT2D eigenvalue weighted by Gasteiger charge is -2.00. The lowest BCUT2D eigenvalue weighted by Crippen LogP contribution is -1.93. The molecule has 0 amide bonds. The van der Waals surface area contributed by atoms with Crippen LogP contribution in [0.4, 0.5) is 0 Å². The minimum absolute atomic E-state index is 0.157. The number of hydrogen-bond donors (Lipinski definition) is 0. The van der Waals surface area contributed by atoms with Crippen molar-refractivity contribution in [3.8, 4) is 12.1 Å². The van der Waals surface area contributed by atoms with Crippen molar-refractivity contribution in [3.05, 3.63) is 64.3 Å². The summed E-state index contributed by atoms with van der Waals surface area (Å²) in [6, 6.07) is 9.17. The van der Waals surface area contributed by atoms with Gasteiger partial charge in [0.05, 0.1) is 18.2 Å². The van der Waals surface area contributed by atoms with E-state index >= 15 is 0 Å². The number of nitrogens with one attached hydrogen (secondary N) is 1. The SMILES string of the molecule is [C-]#[N+]C(C#N)=C(CC)C(=C=[N-])C#N.c1cc[nH+]cc1. The van der Waals surface area contributed by atoms with Crippen molar-refractivity contribution < 1.29 is 4.98 Å². The predicted molar refractivity (Wildman–Crippen MR) is 70.0 cm³/mol. The molecule has 1 rings (SSSR count). The maximum absolute atomic E-state index is 8.51. The van der Waals surface area contributed by atoms with E-state index in [4.69, 9.17) is 22.5 Å². The lowest BCUT2D eigenvalue weighted by molar-refractivity contribution is -0.377. The van der Waals surface area contributed by atoms with Gasteiger partial charge in [0.25, 0.3) is 5.70 Å². The molecule has 0 aliphatic heterocycles. The molecule has 1 aromatic rings. The van der Waals surface area contributed by atoms with Gasteiger partial charge in [0.15, 0.2) is 12.4 Å². The zero-order chi connectivity index (χ0) is 14.5. The zero-order valence-electron chi connectivity index (χ0n) is 10.4. The Kier molecular flexibility index (Phi) is 8.32. The quantitative estimate of drug-likeness (QED) is 0.348. The van der Waals surface area contributed by atoms with Crippen LogP contribution in [-0.4, -0.2) is 5.87 Å². The average molecular weight is 249 g/mol. The molecule has 0 spiro atoms. The Morgan fingerprint density at radius 3 is 2.11 bits per heavy atom. The van der Waals surface area contributed by atoms with Gasteiger partial charge in [-0.25, -0.2) is 15.1 Å². The van der Waals surface area contributed by atoms with E-state index in [1.807, 2.05) is 30.6 Å². The van der Waals surface area contributed by atoms with Gasteiger partial charge in [-0.1, -0.05) is 13.0 Å². The summed E-state index contributed by atoms with van der Waals surface area (Å²) in [4.78, 5) is 5.83. The second-order valence-corrected chi connectivity index (χ2v) is 3.08. The molecule has 92 valence electrons. The van der Waals surface area contributed by atoms with Crippen molar-refractivity contribution >= 4 is 5.87 Å². The smallest absolute Gasteiger partial charge is 0.266 e. The first-order valence-corrected chi connectivity index (χ1v) is 5.34. The van der Waals surface area contributed by atoms with Gasteiger partial charge in [-0.05, 0) is 12.0 Å². The van der Waals surface area contributed by atoms with Crippen LogP contribution in [0.3, 0.4) is 0 Å². The minimum Gasteiger partial charge on any atom is -0.762 e. The van der Waals surface area contributed by atoms with E-state index in [9.17, 15) is 0 Å². The predicted octanol–water partition coefficient (Wildman–Crippen LogP) is 2.28. The molecule has 5 heteroatoms. The van der Waals surface area contributed by atoms with Crippen LogP contribution in [0, 0.1) is 29.2 Å². The molecule has 0 atom stereocenters. The Balaban J connectivity index is 0.000000443. The fourth-order valence-electron chi connectivity index (χ4n) is 1.12. The Morgan fingerprint density at radius 1 is 1.26 bits per heavy atom. The highest BCUT2D eigenvalue weighted by Gasteiger charge is 2.07. The number of aromatic amines is 1. The first-order chi connectivity index (χ1) is 9.24. The number of nitriles is 2. The molecule has 0 fully saturated rings. The van der Waals surface area contributed by atoms with Gasteiger partial charge in [-0.2, -0.15) is 5.26 Å². The molecular weight excluding hydrogens is 238 g/mol. The van der Waals surface area contributed by atoms with Crippen LogP contribution >= 0.6 is 0 Å². The van der Waals surface area contributed by atoms with Crippen molar-refractivity contribution in [2.24, 2.45) is 0 Å². The van der Waals surface area contributed by atoms with Crippen molar-refractivity contribution in [2.75, 3.05) is 0 Å². The molecule has 1 N–H and O–H groups in total. The first kappa shape index (κ1) is 15.8. The molecule has 0 unspecified atom stereocenters. The molecule has 0 bridgehead atoms. The molecule has 0 aliphatic rings. The topological polar surface area (TPSA) is 88.4 Å². The second-order valence-electron chi connectivity index (χ2n) is 3.08. The van der Waals surface area contributed by atoms with Crippen LogP contribution in [-0.2, 0) is 0 Å². The molecule has 1 aromatic heterocycles. The van der Waals surface area contributed by atoms with Crippen molar-refractivity contribution in [3.63, 3.8) is 0 Å². The van der Waals surface area contributed by atoms with Gasteiger partial charge in [0.1, 0.15) is 6.07 Å². The normalized spacial score (nSPS) is 9.16. The van der Waals surface area contributed by atoms with Crippen LogP contribution < -0.4 is 4.98 Å². The Morgan fingerprint density at radius 2 is 1.89 bits per heavy atom. The highest BCUT2D eigenvalue weighted by molar-refractivity contribution is 5.74. The Hall–Kier alpha value is -3.19. The molecular formula is C14H11N5. The summed E-state index contributed by atoms with van der Waals surface area (Å²) in [5.41, 5.74) is -0.113. The summed E-state index contributed by atoms with van der Waals surface area (Å²) in [5, 5.41) is 25.5. The fraction of sp³-hybridized carbons (Fsp3) is 0.143. The van der Waals surface area contributed by atoms with Crippen LogP contribution in [0.1, 0.15) is 13.3 Å². The van der Waals surface area contributed by atoms with Crippen LogP contribution in [0.5, 0.6) is 0 Å². The third-order valence-electron chi connectivity index (χ3n) is 1.99. The zero-order valence-corrected chi connectivity index (χ0v) is 10.4. The van der Waals surface area contributed by atoms with Gasteiger partial charge >= 0.3 is 0 Å². The van der Waals surface area contributed by atoms with Crippen LogP contribution in [0.2, 0.25) is 0 Å². The summed E-state index contributed by atoms with van der Waals surface area (Å²) < 4.78 is 0. The van der Waals surface area contributed by atoms with E-state index in [2.05, 4.69) is 9.83 Å². The van der Waals surface area contributed by atoms with E-state index in [-0.39, 0.29) is 16.8 Å². The molecule has 0 radical (unpaired) electrons. The molecule has 19 heavy (non-hydrogen) atoms. The number of rotatable bonds is 2. The summed E-state index contributed by atoms with van der Waals surface area (Å²) in [6.45, 7) is 8.34. The monoisotopic (exact) mass is 249 g/mol. The third kappa shape index (κ3) is 5.61. The average Bonchev–Trinajstić information content (AvgIpc) is 2.50. The van der Waals surface area contributed by atoms with Gasteiger partial charge in [-0.3, -0.25) is 5.87 Å². The molecule has 0 aliphatic carbocycles. The summed E-state index contributed by atoms with van der Waals surface area (Å²) in [5.74, 6) is 1.66. The van der Waals surface area contributed by atoms with Crippen LogP contribution in [0.15, 0.2) is 47.4 Å². The third-order valence-corrected chi connectivity index (χ3v) is 1.99. The largest absolute Gasteiger partial charge is 0.762 e. The van der Waals surface area contributed by atoms with E-state index in [0.717, 1.165) is 0 Å². The maximum atomic E-state index is 8.51. The van der Waals surface area contributed by atoms with Crippen molar-refractivity contribution in [2.45, 2.75) is 13.3 Å². The van der Waals surface area contributed by atoms with Gasteiger partial charge in [0.2, 0.25) is 0 Å². The Labute approximate surface area is 112 Å². The minimum atomic E-state index is -0.180. The molecule has 0 saturated carbocycles. The fourth-order valence-corrected chi connectivity index (χ4v) is 1.12.